The van der Waals surface area contributed by atoms with Crippen molar-refractivity contribution in [3.8, 4) is 5.75 Å². The average Bonchev–Trinajstić information content (AvgIpc) is 2.47. The quantitative estimate of drug-likeness (QED) is 0.912. The lowest BCUT2D eigenvalue weighted by Gasteiger charge is -2.50. The number of hydrogen-bond acceptors (Lipinski definition) is 3. The highest BCUT2D eigenvalue weighted by molar-refractivity contribution is 5.53. The highest BCUT2D eigenvalue weighted by Gasteiger charge is 2.38. The van der Waals surface area contributed by atoms with Gasteiger partial charge in [0, 0.05) is 29.9 Å². The van der Waals surface area contributed by atoms with Crippen molar-refractivity contribution < 1.29 is 4.74 Å². The first-order chi connectivity index (χ1) is 9.81. The van der Waals surface area contributed by atoms with Gasteiger partial charge in [0.05, 0.1) is 7.11 Å². The third-order valence-corrected chi connectivity index (χ3v) is 4.82. The summed E-state index contributed by atoms with van der Waals surface area (Å²) >= 11 is 0. The lowest BCUT2D eigenvalue weighted by Crippen LogP contribution is -2.56. The fraction of sp³-hybridized carbons (Fsp3) is 0.647. The van der Waals surface area contributed by atoms with Gasteiger partial charge in [0.15, 0.2) is 0 Å². The number of anilines is 1. The van der Waals surface area contributed by atoms with Gasteiger partial charge < -0.3 is 15.0 Å². The molecular formula is C17H26N2O. The topological polar surface area (TPSA) is 24.5 Å². The Bertz CT molecular complexity index is 434. The molecule has 1 aromatic rings. The second kappa shape index (κ2) is 6.04. The molecule has 0 radical (unpaired) electrons. The standard InChI is InChI=1S/C17H26N2O/c1-3-18-13-10-14-6-4-7-15(11-13)19(14)16-8-5-9-17(12-16)20-2/h5,8-9,12-15,18H,3-4,6-7,10-11H2,1-2H3. The zero-order valence-electron chi connectivity index (χ0n) is 12.6. The molecule has 0 spiro atoms. The van der Waals surface area contributed by atoms with Gasteiger partial charge in [-0.15, -0.1) is 0 Å². The van der Waals surface area contributed by atoms with Gasteiger partial charge >= 0.3 is 0 Å². The van der Waals surface area contributed by atoms with Gasteiger partial charge in [-0.2, -0.15) is 0 Å². The molecule has 20 heavy (non-hydrogen) atoms. The Balaban J connectivity index is 1.82. The van der Waals surface area contributed by atoms with Crippen molar-refractivity contribution in [2.24, 2.45) is 0 Å². The lowest BCUT2D eigenvalue weighted by atomic mass is 9.81. The number of fused-ring (bicyclic) bond motifs is 2. The van der Waals surface area contributed by atoms with E-state index in [9.17, 15) is 0 Å². The number of benzene rings is 1. The van der Waals surface area contributed by atoms with Crippen LogP contribution in [0.3, 0.4) is 0 Å². The van der Waals surface area contributed by atoms with Crippen molar-refractivity contribution in [1.82, 2.24) is 5.32 Å². The normalized spacial score (nSPS) is 29.3. The van der Waals surface area contributed by atoms with Crippen LogP contribution in [0.4, 0.5) is 5.69 Å². The van der Waals surface area contributed by atoms with E-state index in [1.54, 1.807) is 7.11 Å². The number of nitrogens with zero attached hydrogens (tertiary/aromatic N) is 1. The summed E-state index contributed by atoms with van der Waals surface area (Å²) in [7, 11) is 1.75. The number of methoxy groups -OCH3 is 1. The SMILES string of the molecule is CCNC1CC2CCCC(C1)N2c1cccc(OC)c1. The highest BCUT2D eigenvalue weighted by atomic mass is 16.5. The molecule has 3 rings (SSSR count). The van der Waals surface area contributed by atoms with E-state index in [1.807, 2.05) is 6.07 Å². The minimum absolute atomic E-state index is 0.693. The summed E-state index contributed by atoms with van der Waals surface area (Å²) in [6.07, 6.45) is 6.60. The van der Waals surface area contributed by atoms with Crippen LogP contribution in [-0.2, 0) is 0 Å². The number of ether oxygens (including phenoxy) is 1. The number of nitrogens with one attached hydrogen (secondary N) is 1. The molecule has 2 aliphatic rings. The summed E-state index contributed by atoms with van der Waals surface area (Å²) < 4.78 is 5.39. The minimum atomic E-state index is 0.693. The predicted molar refractivity (Wildman–Crippen MR) is 83.6 cm³/mol. The smallest absolute Gasteiger partial charge is 0.120 e. The monoisotopic (exact) mass is 274 g/mol. The maximum Gasteiger partial charge on any atom is 0.120 e. The summed E-state index contributed by atoms with van der Waals surface area (Å²) in [5.74, 6) is 0.967. The van der Waals surface area contributed by atoms with E-state index in [1.165, 1.54) is 37.8 Å². The molecule has 2 heterocycles. The third-order valence-electron chi connectivity index (χ3n) is 4.82. The second-order valence-electron chi connectivity index (χ2n) is 6.07. The predicted octanol–water partition coefficient (Wildman–Crippen LogP) is 3.19. The summed E-state index contributed by atoms with van der Waals surface area (Å²) in [6, 6.07) is 10.7. The third kappa shape index (κ3) is 2.64. The van der Waals surface area contributed by atoms with E-state index in [2.05, 4.69) is 35.3 Å². The lowest BCUT2D eigenvalue weighted by molar-refractivity contribution is 0.247. The van der Waals surface area contributed by atoms with E-state index in [0.29, 0.717) is 18.1 Å². The Morgan fingerprint density at radius 2 is 2.00 bits per heavy atom. The van der Waals surface area contributed by atoms with Crippen LogP contribution in [0.5, 0.6) is 5.75 Å². The van der Waals surface area contributed by atoms with Crippen molar-refractivity contribution in [2.75, 3.05) is 18.6 Å². The van der Waals surface area contributed by atoms with Gasteiger partial charge in [0.2, 0.25) is 0 Å². The second-order valence-corrected chi connectivity index (χ2v) is 6.07. The first kappa shape index (κ1) is 13.7. The maximum atomic E-state index is 5.39. The van der Waals surface area contributed by atoms with Crippen LogP contribution < -0.4 is 15.0 Å². The van der Waals surface area contributed by atoms with E-state index in [4.69, 9.17) is 4.74 Å². The first-order valence-corrected chi connectivity index (χ1v) is 7.97. The van der Waals surface area contributed by atoms with Crippen LogP contribution in [0.2, 0.25) is 0 Å². The van der Waals surface area contributed by atoms with Gasteiger partial charge in [-0.25, -0.2) is 0 Å². The Kier molecular flexibility index (Phi) is 4.16. The van der Waals surface area contributed by atoms with Gasteiger partial charge in [0.1, 0.15) is 5.75 Å². The van der Waals surface area contributed by atoms with E-state index < -0.39 is 0 Å². The molecule has 1 N–H and O–H groups in total. The Hall–Kier alpha value is -1.22. The average molecular weight is 274 g/mol. The van der Waals surface area contributed by atoms with Crippen molar-refractivity contribution in [3.05, 3.63) is 24.3 Å². The molecule has 3 heteroatoms. The maximum absolute atomic E-state index is 5.39. The molecule has 110 valence electrons. The van der Waals surface area contributed by atoms with Crippen molar-refractivity contribution >= 4 is 5.69 Å². The molecule has 2 unspecified atom stereocenters. The van der Waals surface area contributed by atoms with Crippen LogP contribution in [0.25, 0.3) is 0 Å². The Morgan fingerprint density at radius 3 is 2.65 bits per heavy atom. The Labute approximate surface area is 122 Å². The molecule has 0 saturated carbocycles. The largest absolute Gasteiger partial charge is 0.497 e. The highest BCUT2D eigenvalue weighted by Crippen LogP contribution is 2.38. The molecule has 2 fully saturated rings. The van der Waals surface area contributed by atoms with Crippen LogP contribution >= 0.6 is 0 Å². The number of piperidine rings is 2. The summed E-state index contributed by atoms with van der Waals surface area (Å²) in [6.45, 7) is 3.30. The molecule has 3 nitrogen and oxygen atoms in total. The molecule has 2 saturated heterocycles. The molecular weight excluding hydrogens is 248 g/mol. The van der Waals surface area contributed by atoms with Crippen LogP contribution in [0.1, 0.15) is 39.0 Å². The zero-order chi connectivity index (χ0) is 13.9. The van der Waals surface area contributed by atoms with Gasteiger partial charge in [-0.3, -0.25) is 0 Å². The zero-order valence-corrected chi connectivity index (χ0v) is 12.6. The minimum Gasteiger partial charge on any atom is -0.497 e. The molecule has 0 amide bonds. The van der Waals surface area contributed by atoms with Gasteiger partial charge in [-0.1, -0.05) is 13.0 Å². The van der Waals surface area contributed by atoms with Crippen molar-refractivity contribution in [3.63, 3.8) is 0 Å². The first-order valence-electron chi connectivity index (χ1n) is 7.97. The fourth-order valence-electron chi connectivity index (χ4n) is 4.03. The van der Waals surface area contributed by atoms with E-state index in [0.717, 1.165) is 12.3 Å². The van der Waals surface area contributed by atoms with Gasteiger partial charge in [-0.05, 0) is 50.8 Å². The molecule has 0 aliphatic carbocycles. The molecule has 2 atom stereocenters. The summed E-state index contributed by atoms with van der Waals surface area (Å²) in [5.41, 5.74) is 1.34. The van der Waals surface area contributed by atoms with E-state index >= 15 is 0 Å². The molecule has 2 aliphatic heterocycles. The molecule has 1 aromatic carbocycles. The summed E-state index contributed by atoms with van der Waals surface area (Å²) in [5, 5.41) is 3.66. The molecule has 0 aromatic heterocycles. The number of rotatable bonds is 4. The van der Waals surface area contributed by atoms with Crippen LogP contribution in [0, 0.1) is 0 Å². The molecule has 2 bridgehead atoms. The van der Waals surface area contributed by atoms with Gasteiger partial charge in [0.25, 0.3) is 0 Å². The van der Waals surface area contributed by atoms with E-state index in [-0.39, 0.29) is 0 Å². The fourth-order valence-corrected chi connectivity index (χ4v) is 4.03. The van der Waals surface area contributed by atoms with Crippen molar-refractivity contribution in [1.29, 1.82) is 0 Å². The van der Waals surface area contributed by atoms with Crippen LogP contribution in [-0.4, -0.2) is 31.8 Å². The van der Waals surface area contributed by atoms with Crippen LogP contribution in [0.15, 0.2) is 24.3 Å². The van der Waals surface area contributed by atoms with Crippen molar-refractivity contribution in [2.45, 2.75) is 57.2 Å². The summed E-state index contributed by atoms with van der Waals surface area (Å²) in [4.78, 5) is 2.67. The Morgan fingerprint density at radius 1 is 1.25 bits per heavy atom. The number of hydrogen-bond donors (Lipinski definition) is 1.